The van der Waals surface area contributed by atoms with Crippen LogP contribution in [0.15, 0.2) is 29.4 Å². The van der Waals surface area contributed by atoms with E-state index in [2.05, 4.69) is 7.26 Å². The highest BCUT2D eigenvalue weighted by Gasteiger charge is 2.58. The fourth-order valence-electron chi connectivity index (χ4n) is 2.37. The van der Waals surface area contributed by atoms with E-state index in [1.807, 2.05) is 0 Å². The van der Waals surface area contributed by atoms with Crippen LogP contribution in [0.1, 0.15) is 0 Å². The average molecular weight is 522 g/mol. The molecule has 0 saturated heterocycles. The predicted octanol–water partition coefficient (Wildman–Crippen LogP) is -3.00. The SMILES string of the molecule is O=S(=O)(O)c1c2c(c(S(=O)(=O)O)c3c1S(=O)(=O)OS3(=O)=O)S(=O)(=O)OS2(=O)=O. The number of hydrogen-bond acceptors (Lipinski definition) is 14. The van der Waals surface area contributed by atoms with E-state index in [4.69, 9.17) is 0 Å². The Balaban J connectivity index is 3.01. The van der Waals surface area contributed by atoms with Gasteiger partial charge in [-0.1, -0.05) is 0 Å². The van der Waals surface area contributed by atoms with Crippen molar-refractivity contribution in [3.63, 3.8) is 0 Å². The third-order valence-electron chi connectivity index (χ3n) is 3.11. The van der Waals surface area contributed by atoms with Crippen LogP contribution in [-0.2, 0) is 68.0 Å². The molecule has 2 aliphatic rings. The molecule has 0 amide bonds. The largest absolute Gasteiger partial charge is 0.314 e. The van der Waals surface area contributed by atoms with Gasteiger partial charge in [0.1, 0.15) is 29.4 Å². The lowest BCUT2D eigenvalue weighted by molar-refractivity contribution is 0.462. The lowest BCUT2D eigenvalue weighted by Crippen LogP contribution is -2.17. The molecule has 0 unspecified atom stereocenters. The average Bonchev–Trinajstić information content (AvgIpc) is 2.69. The predicted molar refractivity (Wildman–Crippen MR) is 77.0 cm³/mol. The van der Waals surface area contributed by atoms with Gasteiger partial charge in [0, 0.05) is 0 Å². The minimum absolute atomic E-state index is 2.24. The van der Waals surface area contributed by atoms with Crippen molar-refractivity contribution >= 4 is 60.7 Å². The molecule has 0 atom stereocenters. The minimum atomic E-state index is -6.08. The Bertz CT molecular complexity index is 1400. The summed E-state index contributed by atoms with van der Waals surface area (Å²) < 4.78 is 168. The molecule has 3 rings (SSSR count). The zero-order valence-corrected chi connectivity index (χ0v) is 17.0. The van der Waals surface area contributed by atoms with Crippen molar-refractivity contribution in [2.45, 2.75) is 29.4 Å². The van der Waals surface area contributed by atoms with E-state index in [1.54, 1.807) is 0 Å². The van der Waals surface area contributed by atoms with Gasteiger partial charge >= 0.3 is 40.5 Å². The first kappa shape index (κ1) is 21.5. The minimum Gasteiger partial charge on any atom is -0.282 e. The van der Waals surface area contributed by atoms with Crippen LogP contribution in [0.3, 0.4) is 0 Å². The first-order valence-corrected chi connectivity index (χ1v) is 14.3. The van der Waals surface area contributed by atoms with Gasteiger partial charge < -0.3 is 0 Å². The maximum absolute atomic E-state index is 11.9. The second-order valence-electron chi connectivity index (χ2n) is 4.88. The summed E-state index contributed by atoms with van der Waals surface area (Å²) >= 11 is 0. The highest BCUT2D eigenvalue weighted by atomic mass is 32.3. The van der Waals surface area contributed by atoms with Crippen molar-refractivity contribution in [2.75, 3.05) is 0 Å². The molecular formula is C6H2O16S6. The van der Waals surface area contributed by atoms with Gasteiger partial charge in [-0.15, -0.1) is 7.26 Å². The van der Waals surface area contributed by atoms with Gasteiger partial charge in [0.25, 0.3) is 20.2 Å². The van der Waals surface area contributed by atoms with Crippen molar-refractivity contribution in [1.82, 2.24) is 0 Å². The van der Waals surface area contributed by atoms with E-state index in [-0.39, 0.29) is 0 Å². The van der Waals surface area contributed by atoms with Gasteiger partial charge in [-0.25, -0.2) is 0 Å². The zero-order valence-electron chi connectivity index (χ0n) is 12.1. The highest BCUT2D eigenvalue weighted by Crippen LogP contribution is 2.51. The van der Waals surface area contributed by atoms with Crippen LogP contribution < -0.4 is 0 Å². The molecule has 28 heavy (non-hydrogen) atoms. The number of rotatable bonds is 2. The summed E-state index contributed by atoms with van der Waals surface area (Å²) in [6.07, 6.45) is 0. The van der Waals surface area contributed by atoms with Crippen LogP contribution in [0.2, 0.25) is 0 Å². The van der Waals surface area contributed by atoms with Gasteiger partial charge in [-0.3, -0.25) is 9.11 Å². The maximum Gasteiger partial charge on any atom is 0.314 e. The molecule has 0 saturated carbocycles. The molecule has 0 radical (unpaired) electrons. The smallest absolute Gasteiger partial charge is 0.282 e. The van der Waals surface area contributed by atoms with Crippen molar-refractivity contribution in [2.24, 2.45) is 0 Å². The Morgan fingerprint density at radius 1 is 0.500 bits per heavy atom. The van der Waals surface area contributed by atoms with E-state index < -0.39 is 90.1 Å². The summed E-state index contributed by atoms with van der Waals surface area (Å²) in [4.78, 5) is -13.7. The standard InChI is InChI=1S/C6H2O16S6/c7-23(8,9)1-3-5(27(17,18)21-25(3,13)14)2(24(10,11)12)6-4(1)26(15,16)22-28(6,19)20/h(H,7,8,9)(H,10,11,12). The van der Waals surface area contributed by atoms with Gasteiger partial charge in [-0.05, 0) is 0 Å². The summed E-state index contributed by atoms with van der Waals surface area (Å²) in [7, 11) is -35.5. The summed E-state index contributed by atoms with van der Waals surface area (Å²) in [6.45, 7) is 0. The molecule has 0 aliphatic carbocycles. The topological polar surface area (TPSA) is 264 Å². The summed E-state index contributed by atoms with van der Waals surface area (Å²) in [5.41, 5.74) is 0. The first-order valence-electron chi connectivity index (χ1n) is 5.76. The van der Waals surface area contributed by atoms with E-state index in [0.29, 0.717) is 0 Å². The molecule has 158 valence electrons. The summed E-state index contributed by atoms with van der Waals surface area (Å²) in [5.74, 6) is 0. The Labute approximate surface area is 156 Å². The van der Waals surface area contributed by atoms with Gasteiger partial charge in [-0.2, -0.15) is 50.5 Å². The van der Waals surface area contributed by atoms with E-state index in [9.17, 15) is 59.6 Å². The first-order chi connectivity index (χ1) is 12.1. The molecule has 2 heterocycles. The second kappa shape index (κ2) is 5.27. The quantitative estimate of drug-likeness (QED) is 0.366. The number of benzene rings is 1. The monoisotopic (exact) mass is 522 g/mol. The number of fused-ring (bicyclic) bond motifs is 2. The Kier molecular flexibility index (Phi) is 4.04. The van der Waals surface area contributed by atoms with E-state index in [0.717, 1.165) is 0 Å². The third kappa shape index (κ3) is 2.79. The number of hydrogen-bond donors (Lipinski definition) is 2. The van der Waals surface area contributed by atoms with E-state index in [1.165, 1.54) is 0 Å². The third-order valence-corrected chi connectivity index (χ3v) is 12.2. The molecule has 0 bridgehead atoms. The molecule has 16 nitrogen and oxygen atoms in total. The van der Waals surface area contributed by atoms with Gasteiger partial charge in [0.15, 0.2) is 0 Å². The molecular weight excluding hydrogens is 520 g/mol. The van der Waals surface area contributed by atoms with Crippen LogP contribution in [0.5, 0.6) is 0 Å². The fraction of sp³-hybridized carbons (Fsp3) is 0. The lowest BCUT2D eigenvalue weighted by Gasteiger charge is -2.10. The van der Waals surface area contributed by atoms with Crippen LogP contribution in [0, 0.1) is 0 Å². The molecule has 0 fully saturated rings. The Hall–Kier alpha value is -1.24. The molecule has 0 aromatic heterocycles. The Morgan fingerprint density at radius 2 is 0.679 bits per heavy atom. The molecule has 1 aromatic carbocycles. The van der Waals surface area contributed by atoms with Gasteiger partial charge in [0.2, 0.25) is 0 Å². The van der Waals surface area contributed by atoms with E-state index >= 15 is 0 Å². The molecule has 1 aromatic rings. The fourth-order valence-corrected chi connectivity index (χ4v) is 13.4. The summed E-state index contributed by atoms with van der Waals surface area (Å²) in [5, 5.41) is 0. The lowest BCUT2D eigenvalue weighted by atomic mass is 10.3. The highest BCUT2D eigenvalue weighted by molar-refractivity contribution is 8.05. The van der Waals surface area contributed by atoms with Crippen molar-refractivity contribution < 1.29 is 66.9 Å². The second-order valence-corrected chi connectivity index (χ2v) is 13.9. The van der Waals surface area contributed by atoms with Crippen LogP contribution in [-0.4, -0.2) is 59.6 Å². The van der Waals surface area contributed by atoms with Crippen LogP contribution in [0.4, 0.5) is 0 Å². The normalized spacial score (nSPS) is 23.8. The molecule has 0 spiro atoms. The summed E-state index contributed by atoms with van der Waals surface area (Å²) in [6, 6.07) is 0. The van der Waals surface area contributed by atoms with Crippen LogP contribution >= 0.6 is 0 Å². The van der Waals surface area contributed by atoms with Crippen molar-refractivity contribution in [3.05, 3.63) is 0 Å². The van der Waals surface area contributed by atoms with Crippen molar-refractivity contribution in [1.29, 1.82) is 0 Å². The Morgan fingerprint density at radius 3 is 0.821 bits per heavy atom. The molecule has 2 N–H and O–H groups in total. The van der Waals surface area contributed by atoms with Crippen LogP contribution in [0.25, 0.3) is 0 Å². The maximum atomic E-state index is 11.9. The van der Waals surface area contributed by atoms with Crippen molar-refractivity contribution in [3.8, 4) is 0 Å². The zero-order chi connectivity index (χ0) is 21.9. The molecule has 2 aliphatic heterocycles. The van der Waals surface area contributed by atoms with Gasteiger partial charge in [0.05, 0.1) is 0 Å². The molecule has 22 heteroatoms.